The highest BCUT2D eigenvalue weighted by atomic mass is 35.5. The van der Waals surface area contributed by atoms with E-state index in [4.69, 9.17) is 33.3 Å². The number of amides is 1. The molecule has 1 saturated heterocycles. The Morgan fingerprint density at radius 2 is 1.75 bits per heavy atom. The number of ether oxygens (including phenoxy) is 1. The van der Waals surface area contributed by atoms with Crippen LogP contribution in [0.3, 0.4) is 0 Å². The summed E-state index contributed by atoms with van der Waals surface area (Å²) in [7, 11) is 1.57. The van der Waals surface area contributed by atoms with Crippen molar-refractivity contribution in [3.8, 4) is 5.75 Å². The Morgan fingerprint density at radius 1 is 1.03 bits per heavy atom. The Hall–Kier alpha value is -3.09. The Labute approximate surface area is 223 Å². The topological polar surface area (TPSA) is 78.3 Å². The van der Waals surface area contributed by atoms with Crippen molar-refractivity contribution in [1.82, 2.24) is 9.88 Å². The maximum atomic E-state index is 13.1. The molecule has 0 saturated carbocycles. The molecule has 0 radical (unpaired) electrons. The second-order valence-corrected chi connectivity index (χ2v) is 9.42. The zero-order chi connectivity index (χ0) is 24.8. The first-order chi connectivity index (χ1) is 16.9. The molecule has 8 heteroatoms. The maximum Gasteiger partial charge on any atom is 0.257 e. The first-order valence-corrected chi connectivity index (χ1v) is 12.4. The maximum absolute atomic E-state index is 13.1. The highest BCUT2D eigenvalue weighted by molar-refractivity contribution is 6.31. The van der Waals surface area contributed by atoms with Gasteiger partial charge in [-0.25, -0.2) is 4.98 Å². The van der Waals surface area contributed by atoms with Crippen LogP contribution in [0.25, 0.3) is 0 Å². The third-order valence-electron chi connectivity index (χ3n) is 6.17. The molecule has 0 atom stereocenters. The fourth-order valence-electron chi connectivity index (χ4n) is 4.29. The summed E-state index contributed by atoms with van der Waals surface area (Å²) in [6.45, 7) is 1.90. The van der Waals surface area contributed by atoms with Crippen molar-refractivity contribution >= 4 is 40.8 Å². The minimum Gasteiger partial charge on any atom is -0.496 e. The summed E-state index contributed by atoms with van der Waals surface area (Å²) in [4.78, 5) is 19.4. The molecule has 4 rings (SSSR count). The lowest BCUT2D eigenvalue weighted by atomic mass is 9.97. The third-order valence-corrected chi connectivity index (χ3v) is 6.61. The number of amidine groups is 1. The molecule has 6 nitrogen and oxygen atoms in total. The predicted octanol–water partition coefficient (Wildman–Crippen LogP) is 6.88. The lowest BCUT2D eigenvalue weighted by Crippen LogP contribution is -2.35. The van der Waals surface area contributed by atoms with Crippen molar-refractivity contribution < 1.29 is 9.53 Å². The molecule has 0 spiro atoms. The van der Waals surface area contributed by atoms with Gasteiger partial charge in [-0.2, -0.15) is 0 Å². The summed E-state index contributed by atoms with van der Waals surface area (Å²) in [6.07, 6.45) is 6.30. The van der Waals surface area contributed by atoms with Crippen molar-refractivity contribution in [2.45, 2.75) is 39.5 Å². The van der Waals surface area contributed by atoms with Gasteiger partial charge in [-0.15, -0.1) is 0 Å². The van der Waals surface area contributed by atoms with E-state index in [0.29, 0.717) is 45.9 Å². The SMILES string of the molecule is C.COc1cc(Cl)cc(C(=O)Nc2ccc(Cl)cn2)c1CCc1ccc(C(=N)N2CCCCC2)cc1. The van der Waals surface area contributed by atoms with Crippen LogP contribution < -0.4 is 10.1 Å². The van der Waals surface area contributed by atoms with E-state index in [1.54, 1.807) is 31.4 Å². The number of anilines is 1. The summed E-state index contributed by atoms with van der Waals surface area (Å²) in [6, 6.07) is 14.8. The van der Waals surface area contributed by atoms with Crippen molar-refractivity contribution in [3.05, 3.63) is 87.0 Å². The van der Waals surface area contributed by atoms with Gasteiger partial charge in [0.1, 0.15) is 17.4 Å². The van der Waals surface area contributed by atoms with E-state index in [1.807, 2.05) is 24.3 Å². The second kappa shape index (κ2) is 12.7. The number of halogens is 2. The van der Waals surface area contributed by atoms with E-state index in [2.05, 4.69) is 15.2 Å². The summed E-state index contributed by atoms with van der Waals surface area (Å²) in [5.41, 5.74) is 3.25. The van der Waals surface area contributed by atoms with Crippen LogP contribution >= 0.6 is 23.2 Å². The van der Waals surface area contributed by atoms with E-state index in [0.717, 1.165) is 42.6 Å². The number of methoxy groups -OCH3 is 1. The summed E-state index contributed by atoms with van der Waals surface area (Å²) >= 11 is 12.2. The van der Waals surface area contributed by atoms with E-state index in [9.17, 15) is 4.79 Å². The second-order valence-electron chi connectivity index (χ2n) is 8.54. The molecule has 2 N–H and O–H groups in total. The number of rotatable bonds is 7. The van der Waals surface area contributed by atoms with Gasteiger partial charge in [0, 0.05) is 41.0 Å². The molecular weight excluding hydrogens is 495 g/mol. The van der Waals surface area contributed by atoms with Gasteiger partial charge in [0.15, 0.2) is 0 Å². The largest absolute Gasteiger partial charge is 0.496 e. The molecule has 1 aliphatic heterocycles. The van der Waals surface area contributed by atoms with E-state index in [-0.39, 0.29) is 13.3 Å². The Bertz CT molecular complexity index is 1190. The number of aryl methyl sites for hydroxylation is 1. The minimum absolute atomic E-state index is 0. The van der Waals surface area contributed by atoms with Gasteiger partial charge in [0.25, 0.3) is 5.91 Å². The molecule has 0 unspecified atom stereocenters. The number of carbonyl (C=O) groups is 1. The van der Waals surface area contributed by atoms with Crippen LogP contribution in [0, 0.1) is 5.41 Å². The lowest BCUT2D eigenvalue weighted by molar-refractivity contribution is 0.102. The Morgan fingerprint density at radius 3 is 2.39 bits per heavy atom. The van der Waals surface area contributed by atoms with E-state index in [1.165, 1.54) is 12.6 Å². The quantitative estimate of drug-likeness (QED) is 0.259. The van der Waals surface area contributed by atoms with E-state index < -0.39 is 0 Å². The van der Waals surface area contributed by atoms with Crippen LogP contribution in [0.15, 0.2) is 54.7 Å². The highest BCUT2D eigenvalue weighted by Crippen LogP contribution is 2.30. The van der Waals surface area contributed by atoms with Crippen molar-refractivity contribution in [1.29, 1.82) is 5.41 Å². The summed E-state index contributed by atoms with van der Waals surface area (Å²) in [5.74, 6) is 1.23. The van der Waals surface area contributed by atoms with Crippen molar-refractivity contribution in [2.75, 3.05) is 25.5 Å². The molecule has 3 aromatic rings. The van der Waals surface area contributed by atoms with Gasteiger partial charge in [0.05, 0.1) is 12.1 Å². The highest BCUT2D eigenvalue weighted by Gasteiger charge is 2.19. The van der Waals surface area contributed by atoms with Crippen LogP contribution in [0.4, 0.5) is 5.82 Å². The van der Waals surface area contributed by atoms with Gasteiger partial charge in [-0.3, -0.25) is 10.2 Å². The number of nitrogens with zero attached hydrogens (tertiary/aromatic N) is 2. The van der Waals surface area contributed by atoms with Gasteiger partial charge in [-0.05, 0) is 61.9 Å². The Balaban J connectivity index is 0.00000361. The zero-order valence-electron chi connectivity index (χ0n) is 19.6. The van der Waals surface area contributed by atoms with Gasteiger partial charge in [0.2, 0.25) is 0 Å². The summed E-state index contributed by atoms with van der Waals surface area (Å²) < 4.78 is 5.56. The van der Waals surface area contributed by atoms with Crippen LogP contribution in [0.5, 0.6) is 5.75 Å². The van der Waals surface area contributed by atoms with Gasteiger partial charge >= 0.3 is 0 Å². The number of pyridine rings is 1. The number of likely N-dealkylation sites (tertiary alicyclic amines) is 1. The summed E-state index contributed by atoms with van der Waals surface area (Å²) in [5, 5.41) is 12.2. The molecule has 2 heterocycles. The number of benzene rings is 2. The molecule has 36 heavy (non-hydrogen) atoms. The standard InChI is InChI=1S/C27H28Cl2N4O2.CH4/c1-35-24-16-21(29)15-23(27(34)32-25-12-10-20(28)17-31-25)22(24)11-7-18-5-8-19(9-6-18)26(30)33-13-3-2-4-14-33;/h5-6,8-10,12,15-17,30H,2-4,7,11,13-14H2,1H3,(H,31,32,34);1H4. The van der Waals surface area contributed by atoms with E-state index >= 15 is 0 Å². The molecular formula is C28H32Cl2N4O2. The predicted molar refractivity (Wildman–Crippen MR) is 148 cm³/mol. The van der Waals surface area contributed by atoms with Crippen LogP contribution in [-0.4, -0.2) is 41.8 Å². The molecule has 1 amide bonds. The van der Waals surface area contributed by atoms with Crippen LogP contribution in [0.1, 0.15) is 53.7 Å². The minimum atomic E-state index is -0.319. The van der Waals surface area contributed by atoms with Gasteiger partial charge < -0.3 is 15.0 Å². The number of carbonyl (C=O) groups excluding carboxylic acids is 1. The lowest BCUT2D eigenvalue weighted by Gasteiger charge is -2.29. The number of aromatic nitrogens is 1. The van der Waals surface area contributed by atoms with Gasteiger partial charge in [-0.1, -0.05) is 54.9 Å². The number of piperidine rings is 1. The number of hydrogen-bond donors (Lipinski definition) is 2. The normalized spacial score (nSPS) is 13.0. The smallest absolute Gasteiger partial charge is 0.257 e. The Kier molecular flexibility index (Phi) is 9.73. The monoisotopic (exact) mass is 526 g/mol. The van der Waals surface area contributed by atoms with Crippen LogP contribution in [-0.2, 0) is 12.8 Å². The fraction of sp³-hybridized carbons (Fsp3) is 0.321. The molecule has 0 aliphatic carbocycles. The molecule has 1 aliphatic rings. The third kappa shape index (κ3) is 6.77. The first kappa shape index (κ1) is 27.5. The van der Waals surface area contributed by atoms with Crippen molar-refractivity contribution in [3.63, 3.8) is 0 Å². The zero-order valence-corrected chi connectivity index (χ0v) is 21.1. The van der Waals surface area contributed by atoms with Crippen molar-refractivity contribution in [2.24, 2.45) is 0 Å². The molecule has 2 aromatic carbocycles. The first-order valence-electron chi connectivity index (χ1n) is 11.7. The number of nitrogens with one attached hydrogen (secondary N) is 2. The average molecular weight is 527 g/mol. The molecule has 190 valence electrons. The average Bonchev–Trinajstić information content (AvgIpc) is 2.89. The molecule has 1 aromatic heterocycles. The molecule has 0 bridgehead atoms. The fourth-order valence-corrected chi connectivity index (χ4v) is 4.61. The van der Waals surface area contributed by atoms with Crippen LogP contribution in [0.2, 0.25) is 10.0 Å². The molecule has 1 fully saturated rings. The number of hydrogen-bond acceptors (Lipinski definition) is 4.